The van der Waals surface area contributed by atoms with Crippen molar-refractivity contribution in [3.05, 3.63) is 30.2 Å². The lowest BCUT2D eigenvalue weighted by Gasteiger charge is -2.10. The Balaban J connectivity index is 2.44. The summed E-state index contributed by atoms with van der Waals surface area (Å²) in [6.45, 7) is 5.70. The summed E-state index contributed by atoms with van der Waals surface area (Å²) in [6.07, 6.45) is 0.750. The maximum Gasteiger partial charge on any atom is 0.418 e. The van der Waals surface area contributed by atoms with E-state index < -0.39 is 11.9 Å². The monoisotopic (exact) mass is 265 g/mol. The number of nitrogens with zero attached hydrogens (tertiary/aromatic N) is 1. The smallest absolute Gasteiger partial charge is 0.418 e. The molecule has 0 saturated carbocycles. The van der Waals surface area contributed by atoms with Crippen LogP contribution in [0.5, 0.6) is 5.75 Å². The number of halogens is 1. The van der Waals surface area contributed by atoms with Crippen molar-refractivity contribution in [1.82, 2.24) is 4.57 Å². The lowest BCUT2D eigenvalue weighted by Crippen LogP contribution is -2.17. The fourth-order valence-corrected chi connectivity index (χ4v) is 1.85. The van der Waals surface area contributed by atoms with Gasteiger partial charge < -0.3 is 9.47 Å². The Hall–Kier alpha value is -2.04. The van der Waals surface area contributed by atoms with Gasteiger partial charge in [-0.3, -0.25) is 4.57 Å². The highest BCUT2D eigenvalue weighted by molar-refractivity contribution is 5.90. The second kappa shape index (κ2) is 5.30. The lowest BCUT2D eigenvalue weighted by molar-refractivity contribution is 0.118. The summed E-state index contributed by atoms with van der Waals surface area (Å²) in [6, 6.07) is 4.69. The highest BCUT2D eigenvalue weighted by Crippen LogP contribution is 2.27. The minimum Gasteiger partial charge on any atom is -0.491 e. The van der Waals surface area contributed by atoms with Gasteiger partial charge >= 0.3 is 6.09 Å². The third-order valence-corrected chi connectivity index (χ3v) is 2.60. The first-order valence-corrected chi connectivity index (χ1v) is 6.18. The molecule has 0 unspecified atom stereocenters. The first-order valence-electron chi connectivity index (χ1n) is 6.18. The van der Waals surface area contributed by atoms with E-state index in [1.807, 2.05) is 0 Å². The lowest BCUT2D eigenvalue weighted by atomic mass is 10.2. The van der Waals surface area contributed by atoms with Crippen molar-refractivity contribution in [2.45, 2.75) is 26.9 Å². The molecule has 0 aliphatic heterocycles. The van der Waals surface area contributed by atoms with E-state index in [1.165, 1.54) is 22.9 Å². The van der Waals surface area contributed by atoms with Gasteiger partial charge in [0.05, 0.1) is 18.2 Å². The Morgan fingerprint density at radius 1 is 1.37 bits per heavy atom. The van der Waals surface area contributed by atoms with Crippen molar-refractivity contribution in [3.63, 3.8) is 0 Å². The summed E-state index contributed by atoms with van der Waals surface area (Å²) in [7, 11) is 0. The first kappa shape index (κ1) is 13.4. The Labute approximate surface area is 110 Å². The molecule has 1 aromatic carbocycles. The number of aromatic nitrogens is 1. The summed E-state index contributed by atoms with van der Waals surface area (Å²) in [5.74, 6) is -0.277. The van der Waals surface area contributed by atoms with Crippen LogP contribution in [0.1, 0.15) is 20.8 Å². The summed E-state index contributed by atoms with van der Waals surface area (Å²) >= 11 is 0. The van der Waals surface area contributed by atoms with Crippen molar-refractivity contribution in [2.75, 3.05) is 6.61 Å². The Morgan fingerprint density at radius 3 is 2.74 bits per heavy atom. The largest absolute Gasteiger partial charge is 0.491 e. The van der Waals surface area contributed by atoms with E-state index in [1.54, 1.807) is 26.8 Å². The Morgan fingerprint density at radius 2 is 2.11 bits per heavy atom. The molecule has 0 atom stereocenters. The summed E-state index contributed by atoms with van der Waals surface area (Å²) in [5.41, 5.74) is 0.464. The number of hydrogen-bond acceptors (Lipinski definition) is 3. The van der Waals surface area contributed by atoms with Gasteiger partial charge in [0.1, 0.15) is 0 Å². The molecule has 1 heterocycles. The molecule has 1 aromatic heterocycles. The molecule has 0 radical (unpaired) electrons. The molecule has 5 heteroatoms. The molecule has 4 nitrogen and oxygen atoms in total. The molecule has 0 aliphatic rings. The van der Waals surface area contributed by atoms with Crippen molar-refractivity contribution in [3.8, 4) is 5.75 Å². The van der Waals surface area contributed by atoms with Crippen LogP contribution in [-0.4, -0.2) is 23.4 Å². The van der Waals surface area contributed by atoms with Gasteiger partial charge in [-0.1, -0.05) is 0 Å². The van der Waals surface area contributed by atoms with Crippen LogP contribution in [0.15, 0.2) is 24.4 Å². The average molecular weight is 265 g/mol. The number of ether oxygens (including phenoxy) is 2. The van der Waals surface area contributed by atoms with E-state index in [-0.39, 0.29) is 11.9 Å². The zero-order valence-corrected chi connectivity index (χ0v) is 11.1. The van der Waals surface area contributed by atoms with Crippen LogP contribution < -0.4 is 4.74 Å². The molecule has 102 valence electrons. The van der Waals surface area contributed by atoms with Crippen molar-refractivity contribution in [2.24, 2.45) is 0 Å². The average Bonchev–Trinajstić information content (AvgIpc) is 2.76. The maximum absolute atomic E-state index is 14.1. The minimum absolute atomic E-state index is 0.185. The van der Waals surface area contributed by atoms with Crippen LogP contribution >= 0.6 is 0 Å². The van der Waals surface area contributed by atoms with E-state index in [2.05, 4.69) is 0 Å². The third kappa shape index (κ3) is 2.54. The van der Waals surface area contributed by atoms with Gasteiger partial charge in [-0.2, -0.15) is 0 Å². The molecule has 0 spiro atoms. The van der Waals surface area contributed by atoms with Gasteiger partial charge in [-0.25, -0.2) is 9.18 Å². The molecule has 0 aliphatic carbocycles. The van der Waals surface area contributed by atoms with Gasteiger partial charge in [0.15, 0.2) is 11.6 Å². The quantitative estimate of drug-likeness (QED) is 0.851. The van der Waals surface area contributed by atoms with E-state index in [4.69, 9.17) is 9.47 Å². The van der Waals surface area contributed by atoms with Gasteiger partial charge in [-0.15, -0.1) is 0 Å². The predicted octanol–water partition coefficient (Wildman–Crippen LogP) is 3.57. The topological polar surface area (TPSA) is 40.5 Å². The third-order valence-electron chi connectivity index (χ3n) is 2.60. The molecule has 19 heavy (non-hydrogen) atoms. The SMILES string of the molecule is CCOc1ccc2c(ccn2C(=O)OC(C)C)c1F. The number of carbonyl (C=O) groups is 1. The molecule has 0 N–H and O–H groups in total. The number of benzene rings is 1. The normalized spacial score (nSPS) is 11.0. The highest BCUT2D eigenvalue weighted by atomic mass is 19.1. The predicted molar refractivity (Wildman–Crippen MR) is 70.1 cm³/mol. The van der Waals surface area contributed by atoms with E-state index in [0.29, 0.717) is 17.5 Å². The molecule has 2 aromatic rings. The Bertz CT molecular complexity index is 604. The van der Waals surface area contributed by atoms with Crippen molar-refractivity contribution < 1.29 is 18.7 Å². The second-order valence-electron chi connectivity index (χ2n) is 4.36. The fourth-order valence-electron chi connectivity index (χ4n) is 1.85. The number of hydrogen-bond donors (Lipinski definition) is 0. The molecule has 0 saturated heterocycles. The van der Waals surface area contributed by atoms with Crippen LogP contribution in [0, 0.1) is 5.82 Å². The number of fused-ring (bicyclic) bond motifs is 1. The number of carbonyl (C=O) groups excluding carboxylic acids is 1. The van der Waals surface area contributed by atoms with Crippen LogP contribution in [-0.2, 0) is 4.74 Å². The summed E-state index contributed by atoms with van der Waals surface area (Å²) < 4.78 is 25.7. The minimum atomic E-state index is -0.520. The second-order valence-corrected chi connectivity index (χ2v) is 4.36. The molecule has 0 bridgehead atoms. The maximum atomic E-state index is 14.1. The first-order chi connectivity index (χ1) is 9.04. The molecular formula is C14H16FNO3. The van der Waals surface area contributed by atoms with Gasteiger partial charge in [0, 0.05) is 11.6 Å². The fraction of sp³-hybridized carbons (Fsp3) is 0.357. The molecular weight excluding hydrogens is 249 g/mol. The molecule has 2 rings (SSSR count). The zero-order chi connectivity index (χ0) is 14.0. The summed E-state index contributed by atoms with van der Waals surface area (Å²) in [5, 5.41) is 0.339. The van der Waals surface area contributed by atoms with Crippen LogP contribution in [0.2, 0.25) is 0 Å². The number of rotatable bonds is 3. The molecule has 0 fully saturated rings. The van der Waals surface area contributed by atoms with Gasteiger partial charge in [0.2, 0.25) is 0 Å². The standard InChI is InChI=1S/C14H16FNO3/c1-4-18-12-6-5-11-10(13(12)15)7-8-16(11)14(17)19-9(2)3/h5-9H,4H2,1-3H3. The van der Waals surface area contributed by atoms with Gasteiger partial charge in [0.25, 0.3) is 0 Å². The van der Waals surface area contributed by atoms with Gasteiger partial charge in [-0.05, 0) is 39.0 Å². The zero-order valence-electron chi connectivity index (χ0n) is 11.1. The summed E-state index contributed by atoms with van der Waals surface area (Å²) in [4.78, 5) is 11.8. The highest BCUT2D eigenvalue weighted by Gasteiger charge is 2.16. The van der Waals surface area contributed by atoms with Crippen molar-refractivity contribution >= 4 is 17.0 Å². The van der Waals surface area contributed by atoms with Crippen molar-refractivity contribution in [1.29, 1.82) is 0 Å². The Kier molecular flexibility index (Phi) is 3.74. The van der Waals surface area contributed by atoms with E-state index in [9.17, 15) is 9.18 Å². The van der Waals surface area contributed by atoms with Crippen LogP contribution in [0.25, 0.3) is 10.9 Å². The molecule has 0 amide bonds. The van der Waals surface area contributed by atoms with Crippen LogP contribution in [0.4, 0.5) is 9.18 Å². The van der Waals surface area contributed by atoms with E-state index in [0.717, 1.165) is 0 Å². The van der Waals surface area contributed by atoms with E-state index >= 15 is 0 Å². The van der Waals surface area contributed by atoms with Crippen LogP contribution in [0.3, 0.4) is 0 Å².